The van der Waals surface area contributed by atoms with Crippen LogP contribution in [0.2, 0.25) is 0 Å². The van der Waals surface area contributed by atoms with Gasteiger partial charge < -0.3 is 19.7 Å². The Morgan fingerprint density at radius 2 is 2.40 bits per heavy atom. The first-order chi connectivity index (χ1) is 9.65. The predicted molar refractivity (Wildman–Crippen MR) is 81.3 cm³/mol. The molecule has 1 atom stereocenters. The number of nitrogens with zero attached hydrogens (tertiary/aromatic N) is 1. The summed E-state index contributed by atoms with van der Waals surface area (Å²) in [5.41, 5.74) is 0.740. The third-order valence-electron chi connectivity index (χ3n) is 3.36. The molecule has 1 heterocycles. The number of carbonyl (C=O) groups is 1. The van der Waals surface area contributed by atoms with E-state index in [-0.39, 0.29) is 12.1 Å². The van der Waals surface area contributed by atoms with Crippen LogP contribution in [-0.2, 0) is 4.74 Å². The highest BCUT2D eigenvalue weighted by atomic mass is 79.9. The van der Waals surface area contributed by atoms with Crippen LogP contribution >= 0.6 is 15.9 Å². The molecule has 0 aliphatic carbocycles. The lowest BCUT2D eigenvalue weighted by molar-refractivity contribution is 0.0144. The topological polar surface area (TPSA) is 50.8 Å². The van der Waals surface area contributed by atoms with Gasteiger partial charge in [0.15, 0.2) is 0 Å². The van der Waals surface area contributed by atoms with E-state index in [2.05, 4.69) is 28.2 Å². The van der Waals surface area contributed by atoms with Crippen LogP contribution in [0.5, 0.6) is 5.75 Å². The second-order valence-corrected chi connectivity index (χ2v) is 5.46. The predicted octanol–water partition coefficient (Wildman–Crippen LogP) is 3.10. The fourth-order valence-corrected chi connectivity index (χ4v) is 2.74. The summed E-state index contributed by atoms with van der Waals surface area (Å²) in [6, 6.07) is 5.53. The van der Waals surface area contributed by atoms with Gasteiger partial charge in [-0.3, -0.25) is 0 Å². The fraction of sp³-hybridized carbons (Fsp3) is 0.500. The first kappa shape index (κ1) is 15.1. The van der Waals surface area contributed by atoms with Crippen LogP contribution in [0, 0.1) is 0 Å². The standard InChI is InChI=1S/C14H19BrN2O3/c1-3-11-9-20-7-6-17(11)14(18)16-10-4-5-13(19-2)12(15)8-10/h4-5,8,11H,3,6-7,9H2,1-2H3,(H,16,18). The number of nitrogens with one attached hydrogen (secondary N) is 1. The van der Waals surface area contributed by atoms with Crippen molar-refractivity contribution in [1.29, 1.82) is 0 Å². The van der Waals surface area contributed by atoms with Crippen molar-refractivity contribution in [2.45, 2.75) is 19.4 Å². The van der Waals surface area contributed by atoms with Gasteiger partial charge in [0.1, 0.15) is 5.75 Å². The third-order valence-corrected chi connectivity index (χ3v) is 3.98. The summed E-state index contributed by atoms with van der Waals surface area (Å²) in [5.74, 6) is 0.737. The summed E-state index contributed by atoms with van der Waals surface area (Å²) in [4.78, 5) is 14.2. The van der Waals surface area contributed by atoms with Crippen LogP contribution in [-0.4, -0.2) is 43.8 Å². The summed E-state index contributed by atoms with van der Waals surface area (Å²) in [6.07, 6.45) is 0.889. The fourth-order valence-electron chi connectivity index (χ4n) is 2.20. The molecule has 20 heavy (non-hydrogen) atoms. The zero-order valence-electron chi connectivity index (χ0n) is 11.7. The van der Waals surface area contributed by atoms with Gasteiger partial charge in [-0.1, -0.05) is 6.92 Å². The molecule has 0 saturated carbocycles. The van der Waals surface area contributed by atoms with Gasteiger partial charge in [-0.2, -0.15) is 0 Å². The van der Waals surface area contributed by atoms with Gasteiger partial charge in [-0.05, 0) is 40.5 Å². The van der Waals surface area contributed by atoms with E-state index in [1.165, 1.54) is 0 Å². The molecule has 2 rings (SSSR count). The summed E-state index contributed by atoms with van der Waals surface area (Å²) in [7, 11) is 1.61. The molecular weight excluding hydrogens is 324 g/mol. The van der Waals surface area contributed by atoms with Gasteiger partial charge in [-0.25, -0.2) is 4.79 Å². The molecule has 110 valence electrons. The Labute approximate surface area is 127 Å². The van der Waals surface area contributed by atoms with E-state index in [1.54, 1.807) is 7.11 Å². The molecule has 1 saturated heterocycles. The Hall–Kier alpha value is -1.27. The molecule has 1 N–H and O–H groups in total. The average molecular weight is 343 g/mol. The number of ether oxygens (including phenoxy) is 2. The maximum Gasteiger partial charge on any atom is 0.322 e. The van der Waals surface area contributed by atoms with E-state index < -0.39 is 0 Å². The van der Waals surface area contributed by atoms with Crippen molar-refractivity contribution in [2.24, 2.45) is 0 Å². The first-order valence-corrected chi connectivity index (χ1v) is 7.44. The SMILES string of the molecule is CCC1COCCN1C(=O)Nc1ccc(OC)c(Br)c1. The first-order valence-electron chi connectivity index (χ1n) is 6.64. The van der Waals surface area contributed by atoms with Crippen LogP contribution in [0.4, 0.5) is 10.5 Å². The van der Waals surface area contributed by atoms with E-state index in [9.17, 15) is 4.79 Å². The molecule has 1 aromatic rings. The van der Waals surface area contributed by atoms with Crippen LogP contribution in [0.15, 0.2) is 22.7 Å². The molecule has 1 aliphatic heterocycles. The zero-order valence-corrected chi connectivity index (χ0v) is 13.3. The number of carbonyl (C=O) groups excluding carboxylic acids is 1. The molecule has 1 aromatic carbocycles. The van der Waals surface area contributed by atoms with E-state index in [0.717, 1.165) is 22.3 Å². The zero-order chi connectivity index (χ0) is 14.5. The number of hydrogen-bond donors (Lipinski definition) is 1. The van der Waals surface area contributed by atoms with E-state index in [1.807, 2.05) is 23.1 Å². The minimum atomic E-state index is -0.0859. The van der Waals surface area contributed by atoms with Crippen molar-refractivity contribution in [3.63, 3.8) is 0 Å². The molecule has 1 unspecified atom stereocenters. The summed E-state index contributed by atoms with van der Waals surface area (Å²) in [6.45, 7) is 3.89. The lowest BCUT2D eigenvalue weighted by Crippen LogP contribution is -2.50. The van der Waals surface area contributed by atoms with Crippen molar-refractivity contribution in [3.8, 4) is 5.75 Å². The van der Waals surface area contributed by atoms with Gasteiger partial charge in [0.05, 0.1) is 30.8 Å². The normalized spacial score (nSPS) is 18.8. The maximum atomic E-state index is 12.3. The van der Waals surface area contributed by atoms with Crippen molar-refractivity contribution in [2.75, 3.05) is 32.2 Å². The van der Waals surface area contributed by atoms with Crippen LogP contribution in [0.25, 0.3) is 0 Å². The van der Waals surface area contributed by atoms with Crippen LogP contribution in [0.3, 0.4) is 0 Å². The van der Waals surface area contributed by atoms with E-state index >= 15 is 0 Å². The van der Waals surface area contributed by atoms with Crippen molar-refractivity contribution < 1.29 is 14.3 Å². The number of methoxy groups -OCH3 is 1. The molecule has 6 heteroatoms. The van der Waals surface area contributed by atoms with Gasteiger partial charge in [0.25, 0.3) is 0 Å². The van der Waals surface area contributed by atoms with Crippen LogP contribution < -0.4 is 10.1 Å². The van der Waals surface area contributed by atoms with E-state index in [0.29, 0.717) is 19.8 Å². The molecule has 0 aromatic heterocycles. The summed E-state index contributed by atoms with van der Waals surface area (Å²) >= 11 is 3.41. The third kappa shape index (κ3) is 3.43. The average Bonchev–Trinajstić information content (AvgIpc) is 2.47. The van der Waals surface area contributed by atoms with E-state index in [4.69, 9.17) is 9.47 Å². The van der Waals surface area contributed by atoms with Gasteiger partial charge in [0, 0.05) is 12.2 Å². The number of morpholine rings is 1. The summed E-state index contributed by atoms with van der Waals surface area (Å²) < 4.78 is 11.4. The minimum absolute atomic E-state index is 0.0859. The Morgan fingerprint density at radius 1 is 1.60 bits per heavy atom. The smallest absolute Gasteiger partial charge is 0.322 e. The molecule has 1 fully saturated rings. The highest BCUT2D eigenvalue weighted by molar-refractivity contribution is 9.10. The molecule has 0 spiro atoms. The lowest BCUT2D eigenvalue weighted by atomic mass is 10.2. The molecule has 0 bridgehead atoms. The van der Waals surface area contributed by atoms with Crippen molar-refractivity contribution in [1.82, 2.24) is 4.90 Å². The van der Waals surface area contributed by atoms with Crippen LogP contribution in [0.1, 0.15) is 13.3 Å². The number of anilines is 1. The van der Waals surface area contributed by atoms with Gasteiger partial charge >= 0.3 is 6.03 Å². The molecule has 0 radical (unpaired) electrons. The number of rotatable bonds is 3. The lowest BCUT2D eigenvalue weighted by Gasteiger charge is -2.35. The highest BCUT2D eigenvalue weighted by Gasteiger charge is 2.25. The Morgan fingerprint density at radius 3 is 3.05 bits per heavy atom. The second-order valence-electron chi connectivity index (χ2n) is 4.61. The van der Waals surface area contributed by atoms with Gasteiger partial charge in [0.2, 0.25) is 0 Å². The van der Waals surface area contributed by atoms with Crippen molar-refractivity contribution >= 4 is 27.6 Å². The Bertz CT molecular complexity index is 481. The Kier molecular flexibility index (Phi) is 5.25. The molecule has 2 amide bonds. The number of halogens is 1. The monoisotopic (exact) mass is 342 g/mol. The number of hydrogen-bond acceptors (Lipinski definition) is 3. The number of urea groups is 1. The maximum absolute atomic E-state index is 12.3. The highest BCUT2D eigenvalue weighted by Crippen LogP contribution is 2.28. The Balaban J connectivity index is 2.05. The molecular formula is C14H19BrN2O3. The number of benzene rings is 1. The molecule has 5 nitrogen and oxygen atoms in total. The van der Waals surface area contributed by atoms with Crippen molar-refractivity contribution in [3.05, 3.63) is 22.7 Å². The second kappa shape index (κ2) is 6.95. The minimum Gasteiger partial charge on any atom is -0.496 e. The quantitative estimate of drug-likeness (QED) is 0.918. The summed E-state index contributed by atoms with van der Waals surface area (Å²) in [5, 5.41) is 2.91. The van der Waals surface area contributed by atoms with Gasteiger partial charge in [-0.15, -0.1) is 0 Å². The number of amides is 2. The molecule has 1 aliphatic rings. The largest absolute Gasteiger partial charge is 0.496 e.